The molecular weight excluding hydrogens is 913 g/mol. The van der Waals surface area contributed by atoms with E-state index in [1.54, 1.807) is 0 Å². The summed E-state index contributed by atoms with van der Waals surface area (Å²) in [6.07, 6.45) is 0. The van der Waals surface area contributed by atoms with E-state index in [0.29, 0.717) is 0 Å². The van der Waals surface area contributed by atoms with E-state index in [1.165, 1.54) is 154 Å². The second-order valence-corrected chi connectivity index (χ2v) is 22.4. The first-order valence-electron chi connectivity index (χ1n) is 26.9. The largest absolute Gasteiger partial charge is 0.0622 e. The Kier molecular flexibility index (Phi) is 9.76. The van der Waals surface area contributed by atoms with Crippen LogP contribution < -0.4 is 0 Å². The highest BCUT2D eigenvalue weighted by atomic mass is 14.4. The van der Waals surface area contributed by atoms with Crippen molar-refractivity contribution in [3.63, 3.8) is 0 Å². The van der Waals surface area contributed by atoms with Gasteiger partial charge in [0.05, 0.1) is 0 Å². The lowest BCUT2D eigenvalue weighted by atomic mass is 9.80. The number of benzene rings is 13. The lowest BCUT2D eigenvalue weighted by Crippen LogP contribution is -2.15. The zero-order chi connectivity index (χ0) is 50.9. The molecule has 13 aromatic carbocycles. The second kappa shape index (κ2) is 16.7. The molecule has 15 rings (SSSR count). The molecule has 0 unspecified atom stereocenters. The van der Waals surface area contributed by atoms with Crippen LogP contribution in [0, 0.1) is 0 Å². The molecule has 0 heteroatoms. The van der Waals surface area contributed by atoms with Crippen molar-refractivity contribution in [2.45, 2.75) is 38.5 Å². The summed E-state index contributed by atoms with van der Waals surface area (Å²) in [5.74, 6) is 0. The summed E-state index contributed by atoms with van der Waals surface area (Å²) in [4.78, 5) is 0. The summed E-state index contributed by atoms with van der Waals surface area (Å²) in [5.41, 5.74) is 25.4. The Balaban J connectivity index is 0.933. The maximum atomic E-state index is 2.49. The Morgan fingerprint density at radius 1 is 0.197 bits per heavy atom. The van der Waals surface area contributed by atoms with Crippen molar-refractivity contribution >= 4 is 43.1 Å². The molecule has 0 atom stereocenters. The van der Waals surface area contributed by atoms with E-state index in [0.717, 1.165) is 0 Å². The van der Waals surface area contributed by atoms with E-state index < -0.39 is 0 Å². The maximum Gasteiger partial charge on any atom is 0.0159 e. The summed E-state index contributed by atoms with van der Waals surface area (Å²) in [5, 5.41) is 9.94. The summed E-state index contributed by atoms with van der Waals surface area (Å²) in [6.45, 7) is 9.59. The van der Waals surface area contributed by atoms with Gasteiger partial charge in [0.1, 0.15) is 0 Å². The molecular formula is C76H54. The minimum atomic E-state index is -0.166. The lowest BCUT2D eigenvalue weighted by molar-refractivity contribution is 0.660. The lowest BCUT2D eigenvalue weighted by Gasteiger charge is -2.23. The van der Waals surface area contributed by atoms with Crippen LogP contribution in [0.15, 0.2) is 255 Å². The molecule has 0 N–H and O–H groups in total. The molecule has 0 bridgehead atoms. The smallest absolute Gasteiger partial charge is 0.0159 e. The van der Waals surface area contributed by atoms with Crippen molar-refractivity contribution in [3.8, 4) is 89.0 Å². The number of hydrogen-bond donors (Lipinski definition) is 0. The molecule has 0 amide bonds. The quantitative estimate of drug-likeness (QED) is 0.146. The van der Waals surface area contributed by atoms with Crippen molar-refractivity contribution in [3.05, 3.63) is 277 Å². The Bertz CT molecular complexity index is 4250. The van der Waals surface area contributed by atoms with Crippen molar-refractivity contribution in [2.24, 2.45) is 0 Å². The molecule has 0 aromatic heterocycles. The first kappa shape index (κ1) is 44.4. The Morgan fingerprint density at radius 2 is 0.487 bits per heavy atom. The van der Waals surface area contributed by atoms with Crippen molar-refractivity contribution in [2.75, 3.05) is 0 Å². The van der Waals surface area contributed by atoms with Gasteiger partial charge in [0, 0.05) is 10.8 Å². The summed E-state index contributed by atoms with van der Waals surface area (Å²) in [7, 11) is 0. The van der Waals surface area contributed by atoms with Gasteiger partial charge < -0.3 is 0 Å². The molecule has 358 valence electrons. The molecule has 2 aliphatic carbocycles. The molecule has 76 heavy (non-hydrogen) atoms. The molecule has 0 spiro atoms. The van der Waals surface area contributed by atoms with Crippen LogP contribution in [-0.2, 0) is 10.8 Å². The van der Waals surface area contributed by atoms with E-state index >= 15 is 0 Å². The van der Waals surface area contributed by atoms with E-state index in [1.807, 2.05) is 0 Å². The normalized spacial score (nSPS) is 13.7. The zero-order valence-electron chi connectivity index (χ0n) is 43.2. The van der Waals surface area contributed by atoms with Gasteiger partial charge in [0.2, 0.25) is 0 Å². The minimum Gasteiger partial charge on any atom is -0.0622 e. The predicted molar refractivity (Wildman–Crippen MR) is 324 cm³/mol. The van der Waals surface area contributed by atoms with Gasteiger partial charge >= 0.3 is 0 Å². The third kappa shape index (κ3) is 6.84. The van der Waals surface area contributed by atoms with Crippen LogP contribution >= 0.6 is 0 Å². The van der Waals surface area contributed by atoms with Gasteiger partial charge in [-0.3, -0.25) is 0 Å². The molecule has 0 fully saturated rings. The highest BCUT2D eigenvalue weighted by Gasteiger charge is 2.37. The number of rotatable bonds is 6. The van der Waals surface area contributed by atoms with Gasteiger partial charge in [-0.1, -0.05) is 234 Å². The van der Waals surface area contributed by atoms with Gasteiger partial charge in [-0.15, -0.1) is 0 Å². The molecule has 0 radical (unpaired) electrons. The van der Waals surface area contributed by atoms with Crippen LogP contribution in [0.3, 0.4) is 0 Å². The standard InChI is InChI=1S/C76H54/c1-75(2)69-43-55(47-15-7-5-8-16-47)27-33-61(69)63-35-29-57(45-71(63)75)53-31-37-65-67(41-53)73(59-25-23-49-19-11-13-21-51(49)39-59)66-38-32-54(42-68(66)74(65)60-26-24-50-20-12-14-22-52(50)40-60)58-30-36-64-62-34-28-56(48-17-9-6-10-18-48)44-70(62)76(3,4)72(64)46-58/h5-46H,1-4H3. The molecule has 0 saturated heterocycles. The molecule has 0 nitrogen and oxygen atoms in total. The fraction of sp³-hybridized carbons (Fsp3) is 0.0789. The average molecular weight is 967 g/mol. The van der Waals surface area contributed by atoms with Gasteiger partial charge in [-0.25, -0.2) is 0 Å². The van der Waals surface area contributed by atoms with Crippen molar-refractivity contribution in [1.82, 2.24) is 0 Å². The predicted octanol–water partition coefficient (Wildman–Crippen LogP) is 20.9. The molecule has 0 saturated carbocycles. The van der Waals surface area contributed by atoms with E-state index in [4.69, 9.17) is 0 Å². The van der Waals surface area contributed by atoms with Crippen molar-refractivity contribution < 1.29 is 0 Å². The van der Waals surface area contributed by atoms with Crippen LogP contribution in [0.1, 0.15) is 49.9 Å². The van der Waals surface area contributed by atoms with Gasteiger partial charge in [-0.05, 0) is 203 Å². The Labute approximate surface area is 445 Å². The van der Waals surface area contributed by atoms with E-state index in [2.05, 4.69) is 282 Å². The summed E-state index contributed by atoms with van der Waals surface area (Å²) in [6, 6.07) is 96.3. The molecule has 13 aromatic rings. The zero-order valence-corrected chi connectivity index (χ0v) is 43.2. The van der Waals surface area contributed by atoms with E-state index in [-0.39, 0.29) is 10.8 Å². The average Bonchev–Trinajstić information content (AvgIpc) is 3.99. The van der Waals surface area contributed by atoms with Gasteiger partial charge in [0.15, 0.2) is 0 Å². The van der Waals surface area contributed by atoms with Crippen LogP contribution in [0.25, 0.3) is 132 Å². The monoisotopic (exact) mass is 966 g/mol. The summed E-state index contributed by atoms with van der Waals surface area (Å²) >= 11 is 0. The fourth-order valence-electron chi connectivity index (χ4n) is 13.4. The third-order valence-electron chi connectivity index (χ3n) is 17.4. The molecule has 0 aliphatic heterocycles. The Morgan fingerprint density at radius 3 is 0.855 bits per heavy atom. The minimum absolute atomic E-state index is 0.166. The SMILES string of the molecule is CC1(C)c2cc(-c3ccccc3)ccc2-c2ccc(-c3ccc4c(-c5ccc6ccccc6c5)c5cc(-c6ccc7c(c6)C(C)(C)c6cc(-c8ccccc8)ccc6-7)ccc5c(-c5ccc6ccccc6c5)c4c3)cc21. The van der Waals surface area contributed by atoms with Crippen molar-refractivity contribution in [1.29, 1.82) is 0 Å². The highest BCUT2D eigenvalue weighted by Crippen LogP contribution is 2.54. The van der Waals surface area contributed by atoms with Gasteiger partial charge in [0.25, 0.3) is 0 Å². The summed E-state index contributed by atoms with van der Waals surface area (Å²) < 4.78 is 0. The van der Waals surface area contributed by atoms with E-state index in [9.17, 15) is 0 Å². The van der Waals surface area contributed by atoms with Crippen LogP contribution in [0.2, 0.25) is 0 Å². The maximum absolute atomic E-state index is 2.49. The first-order valence-corrected chi connectivity index (χ1v) is 26.9. The van der Waals surface area contributed by atoms with Crippen LogP contribution in [0.4, 0.5) is 0 Å². The topological polar surface area (TPSA) is 0 Å². The Hall–Kier alpha value is -9.10. The second-order valence-electron chi connectivity index (χ2n) is 22.4. The van der Waals surface area contributed by atoms with Gasteiger partial charge in [-0.2, -0.15) is 0 Å². The molecule has 0 heterocycles. The van der Waals surface area contributed by atoms with Crippen LogP contribution in [-0.4, -0.2) is 0 Å². The first-order chi connectivity index (χ1) is 37.2. The third-order valence-corrected chi connectivity index (χ3v) is 17.4. The van der Waals surface area contributed by atoms with Crippen LogP contribution in [0.5, 0.6) is 0 Å². The highest BCUT2D eigenvalue weighted by molar-refractivity contribution is 6.23. The number of fused-ring (bicyclic) bond motifs is 10. The number of hydrogen-bond acceptors (Lipinski definition) is 0. The fourth-order valence-corrected chi connectivity index (χ4v) is 13.4. The molecule has 2 aliphatic rings.